The smallest absolute Gasteiger partial charge is 0.252 e. The van der Waals surface area contributed by atoms with E-state index < -0.39 is 0 Å². The number of carbonyl (C=O) groups excluding carboxylic acids is 1. The number of hydrogen-bond acceptors (Lipinski definition) is 3. The first-order valence-electron chi connectivity index (χ1n) is 6.37. The molecule has 0 radical (unpaired) electrons. The summed E-state index contributed by atoms with van der Waals surface area (Å²) >= 11 is 3.79. The SMILES string of the molecule is CCOCc1ccccc1CNC(=O)c1csc(I)c1. The molecule has 1 N–H and O–H groups in total. The fourth-order valence-corrected chi connectivity index (χ4v) is 3.12. The topological polar surface area (TPSA) is 38.3 Å². The second-order valence-corrected chi connectivity index (χ2v) is 7.03. The second-order valence-electron chi connectivity index (χ2n) is 4.23. The van der Waals surface area contributed by atoms with Crippen molar-refractivity contribution < 1.29 is 9.53 Å². The summed E-state index contributed by atoms with van der Waals surface area (Å²) in [4.78, 5) is 12.0. The van der Waals surface area contributed by atoms with Gasteiger partial charge in [0.25, 0.3) is 5.91 Å². The summed E-state index contributed by atoms with van der Waals surface area (Å²) in [6, 6.07) is 9.91. The third kappa shape index (κ3) is 4.29. The minimum Gasteiger partial charge on any atom is -0.377 e. The maximum absolute atomic E-state index is 12.0. The predicted octanol–water partition coefficient (Wildman–Crippen LogP) is 3.82. The predicted molar refractivity (Wildman–Crippen MR) is 90.0 cm³/mol. The molecule has 2 rings (SSSR count). The number of ether oxygens (including phenoxy) is 1. The van der Waals surface area contributed by atoms with Crippen molar-refractivity contribution in [2.24, 2.45) is 0 Å². The fourth-order valence-electron chi connectivity index (χ4n) is 1.79. The summed E-state index contributed by atoms with van der Waals surface area (Å²) in [5.74, 6) is -0.0321. The van der Waals surface area contributed by atoms with Gasteiger partial charge in [0.05, 0.1) is 15.1 Å². The van der Waals surface area contributed by atoms with Crippen molar-refractivity contribution in [3.05, 3.63) is 55.3 Å². The Bertz CT molecular complexity index is 583. The van der Waals surface area contributed by atoms with E-state index in [1.165, 1.54) is 0 Å². The Labute approximate surface area is 136 Å². The number of benzene rings is 1. The number of amides is 1. The van der Waals surface area contributed by atoms with Gasteiger partial charge in [0.15, 0.2) is 0 Å². The van der Waals surface area contributed by atoms with Crippen molar-refractivity contribution in [3.8, 4) is 0 Å². The van der Waals surface area contributed by atoms with Gasteiger partial charge >= 0.3 is 0 Å². The highest BCUT2D eigenvalue weighted by molar-refractivity contribution is 14.1. The molecule has 1 aromatic carbocycles. The van der Waals surface area contributed by atoms with Crippen molar-refractivity contribution in [1.82, 2.24) is 5.32 Å². The van der Waals surface area contributed by atoms with Crippen molar-refractivity contribution in [3.63, 3.8) is 0 Å². The molecule has 0 bridgehead atoms. The quantitative estimate of drug-likeness (QED) is 0.748. The molecular weight excluding hydrogens is 385 g/mol. The van der Waals surface area contributed by atoms with Gasteiger partial charge in [-0.15, -0.1) is 11.3 Å². The summed E-state index contributed by atoms with van der Waals surface area (Å²) in [5, 5.41) is 4.83. The fraction of sp³-hybridized carbons (Fsp3) is 0.267. The maximum Gasteiger partial charge on any atom is 0.252 e. The Morgan fingerprint density at radius 1 is 1.35 bits per heavy atom. The van der Waals surface area contributed by atoms with E-state index >= 15 is 0 Å². The number of hydrogen-bond donors (Lipinski definition) is 1. The van der Waals surface area contributed by atoms with E-state index in [2.05, 4.69) is 27.9 Å². The largest absolute Gasteiger partial charge is 0.377 e. The highest BCUT2D eigenvalue weighted by Gasteiger charge is 2.08. The lowest BCUT2D eigenvalue weighted by molar-refractivity contribution is 0.0950. The first-order chi connectivity index (χ1) is 9.70. The van der Waals surface area contributed by atoms with Gasteiger partial charge in [-0.25, -0.2) is 0 Å². The zero-order valence-electron chi connectivity index (χ0n) is 11.2. The van der Waals surface area contributed by atoms with Crippen LogP contribution >= 0.6 is 33.9 Å². The van der Waals surface area contributed by atoms with Crippen LogP contribution < -0.4 is 5.32 Å². The van der Waals surface area contributed by atoms with Crippen LogP contribution in [0.2, 0.25) is 0 Å². The summed E-state index contributed by atoms with van der Waals surface area (Å²) in [7, 11) is 0. The lowest BCUT2D eigenvalue weighted by atomic mass is 10.1. The monoisotopic (exact) mass is 401 g/mol. The third-order valence-corrected chi connectivity index (χ3v) is 4.64. The standard InChI is InChI=1S/C15H16INO2S/c1-2-19-9-12-6-4-3-5-11(12)8-17-15(18)13-7-14(16)20-10-13/h3-7,10H,2,8-9H2,1H3,(H,17,18). The highest BCUT2D eigenvalue weighted by Crippen LogP contribution is 2.17. The minimum atomic E-state index is -0.0321. The molecule has 20 heavy (non-hydrogen) atoms. The number of carbonyl (C=O) groups is 1. The normalized spacial score (nSPS) is 10.5. The Morgan fingerprint density at radius 3 is 2.75 bits per heavy atom. The van der Waals surface area contributed by atoms with E-state index in [1.54, 1.807) is 11.3 Å². The molecule has 1 heterocycles. The Hall–Kier alpha value is -0.920. The van der Waals surface area contributed by atoms with Gasteiger partial charge < -0.3 is 10.1 Å². The van der Waals surface area contributed by atoms with Crippen LogP contribution in [0.4, 0.5) is 0 Å². The van der Waals surface area contributed by atoms with Crippen LogP contribution in [0.25, 0.3) is 0 Å². The van der Waals surface area contributed by atoms with Crippen molar-refractivity contribution in [2.75, 3.05) is 6.61 Å². The molecule has 0 spiro atoms. The number of rotatable bonds is 6. The minimum absolute atomic E-state index is 0.0321. The van der Waals surface area contributed by atoms with E-state index in [9.17, 15) is 4.79 Å². The molecule has 0 fully saturated rings. The summed E-state index contributed by atoms with van der Waals surface area (Å²) < 4.78 is 6.56. The first-order valence-corrected chi connectivity index (χ1v) is 8.33. The number of nitrogens with one attached hydrogen (secondary N) is 1. The van der Waals surface area contributed by atoms with E-state index in [4.69, 9.17) is 4.74 Å². The Balaban J connectivity index is 1.98. The molecular formula is C15H16INO2S. The van der Waals surface area contributed by atoms with Crippen LogP contribution in [-0.2, 0) is 17.9 Å². The van der Waals surface area contributed by atoms with Gasteiger partial charge in [0.1, 0.15) is 0 Å². The van der Waals surface area contributed by atoms with E-state index in [0.717, 1.165) is 19.6 Å². The summed E-state index contributed by atoms with van der Waals surface area (Å²) in [6.07, 6.45) is 0. The molecule has 1 aromatic heterocycles. The molecule has 0 unspecified atom stereocenters. The van der Waals surface area contributed by atoms with Gasteiger partial charge in [-0.3, -0.25) is 4.79 Å². The van der Waals surface area contributed by atoms with Gasteiger partial charge in [0.2, 0.25) is 0 Å². The van der Waals surface area contributed by atoms with Crippen molar-refractivity contribution >= 4 is 39.8 Å². The molecule has 5 heteroatoms. The van der Waals surface area contributed by atoms with E-state index in [-0.39, 0.29) is 5.91 Å². The molecule has 0 aliphatic carbocycles. The zero-order valence-corrected chi connectivity index (χ0v) is 14.2. The van der Waals surface area contributed by atoms with Crippen LogP contribution in [0.1, 0.15) is 28.4 Å². The zero-order chi connectivity index (χ0) is 14.4. The van der Waals surface area contributed by atoms with Crippen LogP contribution in [0.5, 0.6) is 0 Å². The molecule has 3 nitrogen and oxygen atoms in total. The lowest BCUT2D eigenvalue weighted by Gasteiger charge is -2.10. The van der Waals surface area contributed by atoms with Crippen LogP contribution in [-0.4, -0.2) is 12.5 Å². The van der Waals surface area contributed by atoms with E-state index in [0.29, 0.717) is 19.8 Å². The maximum atomic E-state index is 12.0. The molecule has 1 amide bonds. The van der Waals surface area contributed by atoms with Gasteiger partial charge in [-0.2, -0.15) is 0 Å². The highest BCUT2D eigenvalue weighted by atomic mass is 127. The molecule has 2 aromatic rings. The molecule has 0 atom stereocenters. The van der Waals surface area contributed by atoms with Gasteiger partial charge in [-0.1, -0.05) is 24.3 Å². The van der Waals surface area contributed by atoms with Crippen LogP contribution in [0.3, 0.4) is 0 Å². The molecule has 0 saturated heterocycles. The molecule has 106 valence electrons. The Morgan fingerprint density at radius 2 is 2.10 bits per heavy atom. The van der Waals surface area contributed by atoms with Gasteiger partial charge in [-0.05, 0) is 46.7 Å². The first kappa shape index (κ1) is 15.5. The Kier molecular flexibility index (Phi) is 6.00. The van der Waals surface area contributed by atoms with Crippen molar-refractivity contribution in [1.29, 1.82) is 0 Å². The average Bonchev–Trinajstić information content (AvgIpc) is 2.90. The van der Waals surface area contributed by atoms with Crippen LogP contribution in [0, 0.1) is 2.88 Å². The molecule has 0 aliphatic heterocycles. The van der Waals surface area contributed by atoms with Crippen molar-refractivity contribution in [2.45, 2.75) is 20.1 Å². The third-order valence-electron chi connectivity index (χ3n) is 2.85. The average molecular weight is 401 g/mol. The number of thiophene rings is 1. The van der Waals surface area contributed by atoms with Crippen LogP contribution in [0.15, 0.2) is 35.7 Å². The second kappa shape index (κ2) is 7.75. The number of halogens is 1. The molecule has 0 saturated carbocycles. The lowest BCUT2D eigenvalue weighted by Crippen LogP contribution is -2.23. The summed E-state index contributed by atoms with van der Waals surface area (Å²) in [5.41, 5.74) is 2.94. The van der Waals surface area contributed by atoms with E-state index in [1.807, 2.05) is 42.6 Å². The molecule has 0 aliphatic rings. The summed E-state index contributed by atoms with van der Waals surface area (Å²) in [6.45, 7) is 3.77. The van der Waals surface area contributed by atoms with Gasteiger partial charge in [0, 0.05) is 18.5 Å².